The van der Waals surface area contributed by atoms with E-state index in [1.54, 1.807) is 18.2 Å². The SMILES string of the molecule is OC(CCl)C(O)c1ccc2ncc(Cl)nc2c1. The fourth-order valence-corrected chi connectivity index (χ4v) is 1.81. The molecule has 4 nitrogen and oxygen atoms in total. The number of hydrogen-bond donors (Lipinski definition) is 2. The van der Waals surface area contributed by atoms with Gasteiger partial charge in [-0.2, -0.15) is 0 Å². The van der Waals surface area contributed by atoms with Gasteiger partial charge in [-0.05, 0) is 17.7 Å². The maximum Gasteiger partial charge on any atom is 0.148 e. The Bertz CT molecular complexity index is 536. The van der Waals surface area contributed by atoms with Crippen molar-refractivity contribution in [3.63, 3.8) is 0 Å². The summed E-state index contributed by atoms with van der Waals surface area (Å²) in [5.41, 5.74) is 1.77. The lowest BCUT2D eigenvalue weighted by Crippen LogP contribution is -2.19. The van der Waals surface area contributed by atoms with E-state index in [9.17, 15) is 10.2 Å². The van der Waals surface area contributed by atoms with Crippen LogP contribution in [0.5, 0.6) is 0 Å². The molecule has 2 atom stereocenters. The molecule has 0 aliphatic heterocycles. The monoisotopic (exact) mass is 272 g/mol. The number of benzene rings is 1. The van der Waals surface area contributed by atoms with Gasteiger partial charge in [0.1, 0.15) is 11.3 Å². The molecular formula is C11H10Cl2N2O2. The topological polar surface area (TPSA) is 66.2 Å². The zero-order valence-electron chi connectivity index (χ0n) is 8.72. The van der Waals surface area contributed by atoms with Crippen LogP contribution in [0, 0.1) is 0 Å². The van der Waals surface area contributed by atoms with Gasteiger partial charge in [-0.3, -0.25) is 4.98 Å². The second-order valence-electron chi connectivity index (χ2n) is 3.61. The van der Waals surface area contributed by atoms with Crippen LogP contribution in [0.2, 0.25) is 5.15 Å². The van der Waals surface area contributed by atoms with Gasteiger partial charge in [0.2, 0.25) is 0 Å². The molecule has 0 fully saturated rings. The summed E-state index contributed by atoms with van der Waals surface area (Å²) in [4.78, 5) is 8.16. The summed E-state index contributed by atoms with van der Waals surface area (Å²) in [5.74, 6) is -0.0412. The summed E-state index contributed by atoms with van der Waals surface area (Å²) in [5, 5.41) is 19.5. The average molecular weight is 273 g/mol. The number of aliphatic hydroxyl groups excluding tert-OH is 2. The third kappa shape index (κ3) is 2.66. The van der Waals surface area contributed by atoms with Crippen LogP contribution in [0.15, 0.2) is 24.4 Å². The minimum absolute atomic E-state index is 0.0412. The number of halogens is 2. The molecule has 2 unspecified atom stereocenters. The molecule has 0 radical (unpaired) electrons. The van der Waals surface area contributed by atoms with Crippen LogP contribution in [0.4, 0.5) is 0 Å². The van der Waals surface area contributed by atoms with Gasteiger partial charge in [-0.15, -0.1) is 11.6 Å². The predicted octanol–water partition coefficient (Wildman–Crippen LogP) is 1.92. The fourth-order valence-electron chi connectivity index (χ4n) is 1.50. The summed E-state index contributed by atoms with van der Waals surface area (Å²) in [6.45, 7) is 0. The third-order valence-electron chi connectivity index (χ3n) is 2.40. The molecule has 2 rings (SSSR count). The van der Waals surface area contributed by atoms with E-state index >= 15 is 0 Å². The van der Waals surface area contributed by atoms with Gasteiger partial charge in [-0.25, -0.2) is 4.98 Å². The molecule has 17 heavy (non-hydrogen) atoms. The molecule has 6 heteroatoms. The van der Waals surface area contributed by atoms with Crippen LogP contribution in [-0.4, -0.2) is 32.2 Å². The van der Waals surface area contributed by atoms with Gasteiger partial charge in [0.15, 0.2) is 0 Å². The van der Waals surface area contributed by atoms with Gasteiger partial charge in [0.25, 0.3) is 0 Å². The molecule has 0 aliphatic carbocycles. The molecule has 0 bridgehead atoms. The van der Waals surface area contributed by atoms with E-state index < -0.39 is 12.2 Å². The molecule has 0 spiro atoms. The summed E-state index contributed by atoms with van der Waals surface area (Å²) in [6.07, 6.45) is -0.605. The third-order valence-corrected chi connectivity index (χ3v) is 2.90. The van der Waals surface area contributed by atoms with Crippen LogP contribution in [0.1, 0.15) is 11.7 Å². The Morgan fingerprint density at radius 2 is 2.00 bits per heavy atom. The van der Waals surface area contributed by atoms with Crippen LogP contribution < -0.4 is 0 Å². The Labute approximate surface area is 108 Å². The van der Waals surface area contributed by atoms with E-state index in [0.29, 0.717) is 16.6 Å². The molecule has 1 heterocycles. The molecule has 90 valence electrons. The molecule has 0 amide bonds. The zero-order chi connectivity index (χ0) is 12.4. The molecule has 0 aliphatic rings. The Morgan fingerprint density at radius 3 is 2.71 bits per heavy atom. The summed E-state index contributed by atoms with van der Waals surface area (Å²) in [7, 11) is 0. The maximum atomic E-state index is 9.80. The molecule has 1 aromatic heterocycles. The minimum Gasteiger partial charge on any atom is -0.389 e. The first kappa shape index (κ1) is 12.5. The molecule has 2 N–H and O–H groups in total. The minimum atomic E-state index is -1.04. The molecular weight excluding hydrogens is 263 g/mol. The Morgan fingerprint density at radius 1 is 1.24 bits per heavy atom. The maximum absolute atomic E-state index is 9.80. The zero-order valence-corrected chi connectivity index (χ0v) is 10.2. The molecule has 0 saturated carbocycles. The normalized spacial score (nSPS) is 14.8. The van der Waals surface area contributed by atoms with Gasteiger partial charge in [-0.1, -0.05) is 17.7 Å². The van der Waals surface area contributed by atoms with Gasteiger partial charge in [0, 0.05) is 0 Å². The average Bonchev–Trinajstić information content (AvgIpc) is 2.36. The highest BCUT2D eigenvalue weighted by Gasteiger charge is 2.17. The molecule has 1 aromatic carbocycles. The standard InChI is InChI=1S/C11H10Cl2N2O2/c12-4-9(16)11(17)6-1-2-7-8(3-6)15-10(13)5-14-7/h1-3,5,9,11,16-17H,4H2. The smallest absolute Gasteiger partial charge is 0.148 e. The first-order chi connectivity index (χ1) is 8.11. The number of nitrogens with zero attached hydrogens (tertiary/aromatic N) is 2. The lowest BCUT2D eigenvalue weighted by molar-refractivity contribution is 0.0328. The van der Waals surface area contributed by atoms with Gasteiger partial charge in [0.05, 0.1) is 29.2 Å². The lowest BCUT2D eigenvalue weighted by atomic mass is 10.0. The van der Waals surface area contributed by atoms with E-state index in [2.05, 4.69) is 9.97 Å². The van der Waals surface area contributed by atoms with Crippen molar-refractivity contribution in [2.45, 2.75) is 12.2 Å². The van der Waals surface area contributed by atoms with E-state index in [0.717, 1.165) is 0 Å². The van der Waals surface area contributed by atoms with Crippen molar-refractivity contribution in [1.29, 1.82) is 0 Å². The number of alkyl halides is 1. The first-order valence-corrected chi connectivity index (χ1v) is 5.87. The number of rotatable bonds is 3. The van der Waals surface area contributed by atoms with Crippen molar-refractivity contribution >= 4 is 34.2 Å². The summed E-state index contributed by atoms with van der Waals surface area (Å²) < 4.78 is 0. The number of aromatic nitrogens is 2. The lowest BCUT2D eigenvalue weighted by Gasteiger charge is -2.15. The summed E-state index contributed by atoms with van der Waals surface area (Å²) >= 11 is 11.2. The van der Waals surface area contributed by atoms with Gasteiger partial charge < -0.3 is 10.2 Å². The number of fused-ring (bicyclic) bond motifs is 1. The van der Waals surface area contributed by atoms with E-state index in [1.165, 1.54) is 6.20 Å². The van der Waals surface area contributed by atoms with Crippen molar-refractivity contribution in [3.05, 3.63) is 35.1 Å². The predicted molar refractivity (Wildman–Crippen MR) is 66.2 cm³/mol. The van der Waals surface area contributed by atoms with Gasteiger partial charge >= 0.3 is 0 Å². The second kappa shape index (κ2) is 5.14. The first-order valence-electron chi connectivity index (χ1n) is 4.96. The van der Waals surface area contributed by atoms with Crippen molar-refractivity contribution < 1.29 is 10.2 Å². The number of aliphatic hydroxyl groups is 2. The summed E-state index contributed by atoms with van der Waals surface area (Å²) in [6, 6.07) is 5.01. The van der Waals surface area contributed by atoms with Crippen molar-refractivity contribution in [3.8, 4) is 0 Å². The second-order valence-corrected chi connectivity index (χ2v) is 4.30. The Hall–Kier alpha value is -0.940. The van der Waals surface area contributed by atoms with Crippen molar-refractivity contribution in [2.75, 3.05) is 5.88 Å². The van der Waals surface area contributed by atoms with E-state index in [1.807, 2.05) is 0 Å². The largest absolute Gasteiger partial charge is 0.389 e. The van der Waals surface area contributed by atoms with Crippen LogP contribution in [0.25, 0.3) is 11.0 Å². The van der Waals surface area contributed by atoms with Crippen molar-refractivity contribution in [1.82, 2.24) is 9.97 Å². The quantitative estimate of drug-likeness (QED) is 0.838. The van der Waals surface area contributed by atoms with Crippen LogP contribution in [0.3, 0.4) is 0 Å². The highest BCUT2D eigenvalue weighted by Crippen LogP contribution is 2.22. The highest BCUT2D eigenvalue weighted by molar-refractivity contribution is 6.29. The van der Waals surface area contributed by atoms with E-state index in [4.69, 9.17) is 23.2 Å². The Kier molecular flexibility index (Phi) is 3.79. The van der Waals surface area contributed by atoms with Crippen molar-refractivity contribution in [2.24, 2.45) is 0 Å². The van der Waals surface area contributed by atoms with E-state index in [-0.39, 0.29) is 11.0 Å². The molecule has 2 aromatic rings. The molecule has 0 saturated heterocycles. The van der Waals surface area contributed by atoms with Crippen LogP contribution in [-0.2, 0) is 0 Å². The number of hydrogen-bond acceptors (Lipinski definition) is 4. The van der Waals surface area contributed by atoms with Crippen LogP contribution >= 0.6 is 23.2 Å². The fraction of sp³-hybridized carbons (Fsp3) is 0.273. The highest BCUT2D eigenvalue weighted by atomic mass is 35.5. The Balaban J connectivity index is 2.43.